The molecule has 3 nitrogen and oxygen atoms in total. The Balaban J connectivity index is 2.75. The molecule has 0 bridgehead atoms. The predicted molar refractivity (Wildman–Crippen MR) is 50.5 cm³/mol. The molecule has 0 fully saturated rings. The minimum absolute atomic E-state index is 0.0814. The van der Waals surface area contributed by atoms with Crippen molar-refractivity contribution in [2.24, 2.45) is 0 Å². The Labute approximate surface area is 76.7 Å². The highest BCUT2D eigenvalue weighted by atomic mass is 16.6. The SMILES string of the molecule is CC(C)(C)c1cccc2nonc12. The first-order valence-electron chi connectivity index (χ1n) is 4.31. The summed E-state index contributed by atoms with van der Waals surface area (Å²) in [4.78, 5) is 0. The molecule has 0 saturated heterocycles. The third kappa shape index (κ3) is 1.30. The van der Waals surface area contributed by atoms with Gasteiger partial charge in [-0.15, -0.1) is 0 Å². The molecule has 1 heterocycles. The van der Waals surface area contributed by atoms with E-state index in [2.05, 4.69) is 37.2 Å². The van der Waals surface area contributed by atoms with Crippen LogP contribution in [0.3, 0.4) is 0 Å². The molecular weight excluding hydrogens is 164 g/mol. The van der Waals surface area contributed by atoms with Crippen LogP contribution in [0.5, 0.6) is 0 Å². The zero-order valence-corrected chi connectivity index (χ0v) is 8.03. The number of fused-ring (bicyclic) bond motifs is 1. The molecule has 0 N–H and O–H groups in total. The van der Waals surface area contributed by atoms with Gasteiger partial charge < -0.3 is 0 Å². The molecule has 0 radical (unpaired) electrons. The largest absolute Gasteiger partial charge is 0.243 e. The van der Waals surface area contributed by atoms with Crippen LogP contribution in [-0.4, -0.2) is 10.3 Å². The lowest BCUT2D eigenvalue weighted by atomic mass is 9.86. The van der Waals surface area contributed by atoms with Crippen LogP contribution < -0.4 is 0 Å². The van der Waals surface area contributed by atoms with Gasteiger partial charge >= 0.3 is 0 Å². The van der Waals surface area contributed by atoms with Crippen molar-refractivity contribution in [3.63, 3.8) is 0 Å². The monoisotopic (exact) mass is 176 g/mol. The zero-order valence-electron chi connectivity index (χ0n) is 8.03. The maximum absolute atomic E-state index is 4.70. The highest BCUT2D eigenvalue weighted by Crippen LogP contribution is 2.27. The first kappa shape index (κ1) is 8.23. The number of hydrogen-bond donors (Lipinski definition) is 0. The first-order chi connectivity index (χ1) is 6.09. The van der Waals surface area contributed by atoms with Crippen molar-refractivity contribution in [2.75, 3.05) is 0 Å². The summed E-state index contributed by atoms with van der Waals surface area (Å²) in [7, 11) is 0. The molecule has 0 unspecified atom stereocenters. The Morgan fingerprint density at radius 3 is 2.62 bits per heavy atom. The molecule has 0 aliphatic rings. The average Bonchev–Trinajstić information content (AvgIpc) is 2.48. The second-order valence-corrected chi connectivity index (χ2v) is 4.19. The average molecular weight is 176 g/mol. The molecule has 0 aliphatic carbocycles. The lowest BCUT2D eigenvalue weighted by Crippen LogP contribution is -2.11. The van der Waals surface area contributed by atoms with E-state index in [0.29, 0.717) is 0 Å². The van der Waals surface area contributed by atoms with Crippen LogP contribution in [0.25, 0.3) is 11.0 Å². The quantitative estimate of drug-likeness (QED) is 0.619. The van der Waals surface area contributed by atoms with Crippen molar-refractivity contribution in [3.8, 4) is 0 Å². The maximum atomic E-state index is 4.70. The molecule has 1 aromatic heterocycles. The van der Waals surface area contributed by atoms with E-state index in [4.69, 9.17) is 4.63 Å². The van der Waals surface area contributed by atoms with Crippen molar-refractivity contribution in [1.82, 2.24) is 10.3 Å². The molecular formula is C10H12N2O. The van der Waals surface area contributed by atoms with E-state index in [-0.39, 0.29) is 5.41 Å². The Morgan fingerprint density at radius 1 is 1.15 bits per heavy atom. The zero-order chi connectivity index (χ0) is 9.47. The third-order valence-corrected chi connectivity index (χ3v) is 2.09. The molecule has 0 aliphatic heterocycles. The maximum Gasteiger partial charge on any atom is 0.138 e. The van der Waals surface area contributed by atoms with Gasteiger partial charge in [0.05, 0.1) is 0 Å². The van der Waals surface area contributed by atoms with Crippen LogP contribution in [0.15, 0.2) is 22.8 Å². The van der Waals surface area contributed by atoms with Crippen molar-refractivity contribution in [2.45, 2.75) is 26.2 Å². The van der Waals surface area contributed by atoms with Gasteiger partial charge in [-0.2, -0.15) is 0 Å². The molecule has 0 amide bonds. The lowest BCUT2D eigenvalue weighted by Gasteiger charge is -2.18. The van der Waals surface area contributed by atoms with Crippen LogP contribution in [0, 0.1) is 0 Å². The Kier molecular flexibility index (Phi) is 1.62. The number of nitrogens with zero attached hydrogens (tertiary/aromatic N) is 2. The fourth-order valence-corrected chi connectivity index (χ4v) is 1.41. The van der Waals surface area contributed by atoms with E-state index < -0.39 is 0 Å². The third-order valence-electron chi connectivity index (χ3n) is 2.09. The first-order valence-corrected chi connectivity index (χ1v) is 4.31. The van der Waals surface area contributed by atoms with Gasteiger partial charge in [0.2, 0.25) is 0 Å². The Hall–Kier alpha value is -1.38. The smallest absolute Gasteiger partial charge is 0.138 e. The van der Waals surface area contributed by atoms with Gasteiger partial charge in [-0.1, -0.05) is 32.9 Å². The summed E-state index contributed by atoms with van der Waals surface area (Å²) in [5, 5.41) is 7.71. The fourth-order valence-electron chi connectivity index (χ4n) is 1.41. The second-order valence-electron chi connectivity index (χ2n) is 4.19. The van der Waals surface area contributed by atoms with Crippen LogP contribution in [-0.2, 0) is 5.41 Å². The summed E-state index contributed by atoms with van der Waals surface area (Å²) in [5.41, 5.74) is 2.95. The minimum atomic E-state index is 0.0814. The van der Waals surface area contributed by atoms with Gasteiger partial charge in [-0.25, -0.2) is 4.63 Å². The molecule has 2 aromatic rings. The van der Waals surface area contributed by atoms with Gasteiger partial charge in [-0.3, -0.25) is 0 Å². The fraction of sp³-hybridized carbons (Fsp3) is 0.400. The van der Waals surface area contributed by atoms with Gasteiger partial charge in [0, 0.05) is 0 Å². The summed E-state index contributed by atoms with van der Waals surface area (Å²) in [6.45, 7) is 6.45. The summed E-state index contributed by atoms with van der Waals surface area (Å²) in [5.74, 6) is 0. The van der Waals surface area contributed by atoms with Crippen LogP contribution >= 0.6 is 0 Å². The van der Waals surface area contributed by atoms with Gasteiger partial charge in [-0.05, 0) is 27.4 Å². The number of benzene rings is 1. The highest BCUT2D eigenvalue weighted by molar-refractivity contribution is 5.77. The van der Waals surface area contributed by atoms with E-state index in [1.807, 2.05) is 12.1 Å². The summed E-state index contributed by atoms with van der Waals surface area (Å²) in [6.07, 6.45) is 0. The molecule has 3 heteroatoms. The predicted octanol–water partition coefficient (Wildman–Crippen LogP) is 2.52. The number of aromatic nitrogens is 2. The van der Waals surface area contributed by atoms with Crippen molar-refractivity contribution in [1.29, 1.82) is 0 Å². The van der Waals surface area contributed by atoms with E-state index in [1.165, 1.54) is 5.56 Å². The molecule has 0 saturated carbocycles. The number of rotatable bonds is 0. The summed E-state index contributed by atoms with van der Waals surface area (Å²) in [6, 6.07) is 5.95. The van der Waals surface area contributed by atoms with Crippen LogP contribution in [0.2, 0.25) is 0 Å². The van der Waals surface area contributed by atoms with Gasteiger partial charge in [0.1, 0.15) is 11.0 Å². The molecule has 0 atom stereocenters. The van der Waals surface area contributed by atoms with E-state index in [9.17, 15) is 0 Å². The summed E-state index contributed by atoms with van der Waals surface area (Å²) >= 11 is 0. The molecule has 2 rings (SSSR count). The topological polar surface area (TPSA) is 38.9 Å². The van der Waals surface area contributed by atoms with E-state index >= 15 is 0 Å². The Bertz CT molecular complexity index is 426. The van der Waals surface area contributed by atoms with E-state index in [0.717, 1.165) is 11.0 Å². The second kappa shape index (κ2) is 2.55. The normalized spacial score (nSPS) is 12.2. The van der Waals surface area contributed by atoms with Crippen LogP contribution in [0.4, 0.5) is 0 Å². The molecule has 0 spiro atoms. The lowest BCUT2D eigenvalue weighted by molar-refractivity contribution is 0.315. The van der Waals surface area contributed by atoms with Gasteiger partial charge in [0.15, 0.2) is 0 Å². The standard InChI is InChI=1S/C10H12N2O/c1-10(2,3)7-5-4-6-8-9(7)12-13-11-8/h4-6H,1-3H3. The van der Waals surface area contributed by atoms with Crippen molar-refractivity contribution >= 4 is 11.0 Å². The highest BCUT2D eigenvalue weighted by Gasteiger charge is 2.18. The van der Waals surface area contributed by atoms with Crippen molar-refractivity contribution < 1.29 is 4.63 Å². The van der Waals surface area contributed by atoms with Crippen LogP contribution in [0.1, 0.15) is 26.3 Å². The minimum Gasteiger partial charge on any atom is -0.243 e. The molecule has 13 heavy (non-hydrogen) atoms. The Morgan fingerprint density at radius 2 is 1.92 bits per heavy atom. The molecule has 68 valence electrons. The van der Waals surface area contributed by atoms with Crippen molar-refractivity contribution in [3.05, 3.63) is 23.8 Å². The summed E-state index contributed by atoms with van der Waals surface area (Å²) < 4.78 is 4.70. The molecule has 1 aromatic carbocycles. The number of hydrogen-bond acceptors (Lipinski definition) is 3. The van der Waals surface area contributed by atoms with E-state index in [1.54, 1.807) is 0 Å². The van der Waals surface area contributed by atoms with Gasteiger partial charge in [0.25, 0.3) is 0 Å².